The Balaban J connectivity index is 1.99. The zero-order valence-electron chi connectivity index (χ0n) is 18.2. The molecule has 1 heterocycles. The van der Waals surface area contributed by atoms with Crippen LogP contribution < -0.4 is 5.32 Å². The first-order chi connectivity index (χ1) is 14.3. The number of nitrogens with one attached hydrogen (secondary N) is 1. The Bertz CT molecular complexity index is 1160. The SMILES string of the molecule is CCc1cccc(C)c1-n1c(C)cc(C=C(C#N)C(=O)Nc2ccc(C)cc2)c1C. The van der Waals surface area contributed by atoms with Gasteiger partial charge in [0, 0.05) is 17.1 Å². The average Bonchev–Trinajstić information content (AvgIpc) is 3.00. The summed E-state index contributed by atoms with van der Waals surface area (Å²) >= 11 is 0. The summed E-state index contributed by atoms with van der Waals surface area (Å²) in [6.45, 7) is 10.3. The summed E-state index contributed by atoms with van der Waals surface area (Å²) in [6, 6.07) is 17.9. The van der Waals surface area contributed by atoms with E-state index in [1.165, 1.54) is 16.8 Å². The normalized spacial score (nSPS) is 11.3. The van der Waals surface area contributed by atoms with E-state index in [9.17, 15) is 10.1 Å². The van der Waals surface area contributed by atoms with Crippen molar-refractivity contribution < 1.29 is 4.79 Å². The van der Waals surface area contributed by atoms with E-state index < -0.39 is 5.91 Å². The highest BCUT2D eigenvalue weighted by Crippen LogP contribution is 2.28. The molecule has 1 aromatic heterocycles. The number of rotatable bonds is 5. The number of carbonyl (C=O) groups is 1. The van der Waals surface area contributed by atoms with Crippen LogP contribution >= 0.6 is 0 Å². The Morgan fingerprint density at radius 1 is 1.10 bits per heavy atom. The van der Waals surface area contributed by atoms with Crippen molar-refractivity contribution in [3.8, 4) is 11.8 Å². The molecule has 0 aliphatic heterocycles. The molecule has 152 valence electrons. The van der Waals surface area contributed by atoms with Crippen LogP contribution in [0.5, 0.6) is 0 Å². The molecule has 1 amide bonds. The Labute approximate surface area is 178 Å². The molecule has 3 rings (SSSR count). The van der Waals surface area contributed by atoms with E-state index in [1.807, 2.05) is 44.2 Å². The molecular weight excluding hydrogens is 370 g/mol. The van der Waals surface area contributed by atoms with Gasteiger partial charge in [-0.2, -0.15) is 5.26 Å². The van der Waals surface area contributed by atoms with Gasteiger partial charge in [0.05, 0.1) is 5.69 Å². The summed E-state index contributed by atoms with van der Waals surface area (Å²) in [4.78, 5) is 12.7. The van der Waals surface area contributed by atoms with E-state index in [0.29, 0.717) is 5.69 Å². The third-order valence-electron chi connectivity index (χ3n) is 5.37. The van der Waals surface area contributed by atoms with Crippen molar-refractivity contribution in [3.63, 3.8) is 0 Å². The average molecular weight is 398 g/mol. The van der Waals surface area contributed by atoms with Crippen molar-refractivity contribution in [3.05, 3.63) is 87.7 Å². The maximum Gasteiger partial charge on any atom is 0.266 e. The van der Waals surface area contributed by atoms with Crippen LogP contribution in [-0.2, 0) is 11.2 Å². The van der Waals surface area contributed by atoms with Gasteiger partial charge in [-0.1, -0.05) is 42.8 Å². The number of aromatic nitrogens is 1. The summed E-state index contributed by atoms with van der Waals surface area (Å²) in [5.41, 5.74) is 8.45. The standard InChI is InChI=1S/C26H27N3O/c1-6-21-9-7-8-18(3)25(21)29-19(4)14-22(20(29)5)15-23(16-27)26(30)28-24-12-10-17(2)11-13-24/h7-15H,6H2,1-5H3,(H,28,30). The Kier molecular flexibility index (Phi) is 6.23. The summed E-state index contributed by atoms with van der Waals surface area (Å²) in [6.07, 6.45) is 2.61. The molecule has 3 aromatic rings. The topological polar surface area (TPSA) is 57.8 Å². The van der Waals surface area contributed by atoms with Crippen molar-refractivity contribution in [2.75, 3.05) is 5.32 Å². The van der Waals surface area contributed by atoms with Gasteiger partial charge < -0.3 is 9.88 Å². The Morgan fingerprint density at radius 3 is 2.43 bits per heavy atom. The molecule has 0 fully saturated rings. The van der Waals surface area contributed by atoms with Crippen molar-refractivity contribution in [1.82, 2.24) is 4.57 Å². The zero-order valence-corrected chi connectivity index (χ0v) is 18.2. The largest absolute Gasteiger partial charge is 0.321 e. The molecule has 4 heteroatoms. The molecule has 0 saturated heterocycles. The van der Waals surface area contributed by atoms with Crippen molar-refractivity contribution in [2.45, 2.75) is 41.0 Å². The van der Waals surface area contributed by atoms with Crippen LogP contribution in [0.15, 0.2) is 54.1 Å². The van der Waals surface area contributed by atoms with Crippen LogP contribution in [0.25, 0.3) is 11.8 Å². The molecule has 1 N–H and O–H groups in total. The minimum atomic E-state index is -0.406. The first kappa shape index (κ1) is 21.1. The van der Waals surface area contributed by atoms with Gasteiger partial charge in [0.2, 0.25) is 0 Å². The van der Waals surface area contributed by atoms with Crippen LogP contribution in [0.3, 0.4) is 0 Å². The van der Waals surface area contributed by atoms with Gasteiger partial charge in [0.1, 0.15) is 11.6 Å². The Morgan fingerprint density at radius 2 is 1.80 bits per heavy atom. The summed E-state index contributed by atoms with van der Waals surface area (Å²) in [5, 5.41) is 12.4. The van der Waals surface area contributed by atoms with Crippen molar-refractivity contribution >= 4 is 17.7 Å². The van der Waals surface area contributed by atoms with Crippen LogP contribution in [0.2, 0.25) is 0 Å². The van der Waals surface area contributed by atoms with E-state index in [1.54, 1.807) is 6.08 Å². The monoisotopic (exact) mass is 397 g/mol. The number of amides is 1. The maximum atomic E-state index is 12.7. The highest BCUT2D eigenvalue weighted by atomic mass is 16.1. The molecule has 0 saturated carbocycles. The zero-order chi connectivity index (χ0) is 21.8. The molecule has 2 aromatic carbocycles. The van der Waals surface area contributed by atoms with Gasteiger partial charge in [-0.15, -0.1) is 0 Å². The number of benzene rings is 2. The number of anilines is 1. The number of nitriles is 1. The smallest absolute Gasteiger partial charge is 0.266 e. The third-order valence-corrected chi connectivity index (χ3v) is 5.37. The molecule has 0 aliphatic carbocycles. The van der Waals surface area contributed by atoms with E-state index in [-0.39, 0.29) is 5.57 Å². The van der Waals surface area contributed by atoms with Gasteiger partial charge in [-0.3, -0.25) is 4.79 Å². The van der Waals surface area contributed by atoms with E-state index >= 15 is 0 Å². The molecule has 0 spiro atoms. The number of nitrogens with zero attached hydrogens (tertiary/aromatic N) is 2. The lowest BCUT2D eigenvalue weighted by atomic mass is 10.1. The van der Waals surface area contributed by atoms with Crippen LogP contribution in [-0.4, -0.2) is 10.5 Å². The second-order valence-electron chi connectivity index (χ2n) is 7.59. The molecule has 0 aliphatic rings. The third kappa shape index (κ3) is 4.21. The predicted molar refractivity (Wildman–Crippen MR) is 123 cm³/mol. The van der Waals surface area contributed by atoms with Crippen LogP contribution in [0.4, 0.5) is 5.69 Å². The highest BCUT2D eigenvalue weighted by Gasteiger charge is 2.16. The fourth-order valence-corrected chi connectivity index (χ4v) is 3.74. The summed E-state index contributed by atoms with van der Waals surface area (Å²) < 4.78 is 2.22. The van der Waals surface area contributed by atoms with E-state index in [0.717, 1.165) is 28.9 Å². The van der Waals surface area contributed by atoms with Gasteiger partial charge >= 0.3 is 0 Å². The molecule has 0 radical (unpaired) electrons. The molecule has 0 unspecified atom stereocenters. The summed E-state index contributed by atoms with van der Waals surface area (Å²) in [5.74, 6) is -0.406. The van der Waals surface area contributed by atoms with E-state index in [2.05, 4.69) is 54.9 Å². The number of aryl methyl sites for hydroxylation is 4. The van der Waals surface area contributed by atoms with E-state index in [4.69, 9.17) is 0 Å². The first-order valence-corrected chi connectivity index (χ1v) is 10.1. The molecule has 30 heavy (non-hydrogen) atoms. The highest BCUT2D eigenvalue weighted by molar-refractivity contribution is 6.09. The van der Waals surface area contributed by atoms with Gasteiger partial charge in [0.15, 0.2) is 0 Å². The fourth-order valence-electron chi connectivity index (χ4n) is 3.74. The molecule has 0 bridgehead atoms. The van der Waals surface area contributed by atoms with Gasteiger partial charge in [0.25, 0.3) is 5.91 Å². The maximum absolute atomic E-state index is 12.7. The second kappa shape index (κ2) is 8.84. The van der Waals surface area contributed by atoms with Crippen LogP contribution in [0.1, 0.15) is 40.6 Å². The quantitative estimate of drug-likeness (QED) is 0.436. The predicted octanol–water partition coefficient (Wildman–Crippen LogP) is 5.82. The lowest BCUT2D eigenvalue weighted by Crippen LogP contribution is -2.13. The van der Waals surface area contributed by atoms with Crippen molar-refractivity contribution in [2.24, 2.45) is 0 Å². The fraction of sp³-hybridized carbons (Fsp3) is 0.231. The number of hydrogen-bond donors (Lipinski definition) is 1. The summed E-state index contributed by atoms with van der Waals surface area (Å²) in [7, 11) is 0. The Hall–Kier alpha value is -3.58. The minimum absolute atomic E-state index is 0.0799. The molecule has 4 nitrogen and oxygen atoms in total. The lowest BCUT2D eigenvalue weighted by Gasteiger charge is -2.17. The minimum Gasteiger partial charge on any atom is -0.321 e. The van der Waals surface area contributed by atoms with Crippen molar-refractivity contribution in [1.29, 1.82) is 5.26 Å². The first-order valence-electron chi connectivity index (χ1n) is 10.1. The van der Waals surface area contributed by atoms with Crippen LogP contribution in [0, 0.1) is 39.0 Å². The lowest BCUT2D eigenvalue weighted by molar-refractivity contribution is -0.112. The van der Waals surface area contributed by atoms with Gasteiger partial charge in [-0.25, -0.2) is 0 Å². The molecule has 0 atom stereocenters. The number of para-hydroxylation sites is 1. The molecular formula is C26H27N3O. The van der Waals surface area contributed by atoms with Gasteiger partial charge in [-0.05, 0) is 75.1 Å². The second-order valence-corrected chi connectivity index (χ2v) is 7.59. The number of carbonyl (C=O) groups excluding carboxylic acids is 1. The number of hydrogen-bond acceptors (Lipinski definition) is 2.